The zero-order valence-electron chi connectivity index (χ0n) is 16.9. The van der Waals surface area contributed by atoms with Crippen molar-refractivity contribution < 1.29 is 22.0 Å². The number of benzene rings is 1. The van der Waals surface area contributed by atoms with Crippen LogP contribution in [0.5, 0.6) is 0 Å². The summed E-state index contributed by atoms with van der Waals surface area (Å²) in [7, 11) is 0.164. The Kier molecular flexibility index (Phi) is 6.32. The van der Waals surface area contributed by atoms with Crippen LogP contribution in [-0.4, -0.2) is 62.0 Å². The van der Waals surface area contributed by atoms with Crippen LogP contribution in [0.1, 0.15) is 34.0 Å². The molecule has 2 heterocycles. The zero-order valence-corrected chi connectivity index (χ0v) is 17.7. The predicted molar refractivity (Wildman–Crippen MR) is 108 cm³/mol. The van der Waals surface area contributed by atoms with Crippen LogP contribution in [0.4, 0.5) is 14.7 Å². The standard InChI is InChI=1S/C19H23F2N5O3S/c1-25(2)19-23-10-15(17(24-19)13-6-7-26(11-13)30(3,28)29)18(27)22-9-12-4-5-14(20)8-16(12)21/h4-5,8,10,13H,6-7,9,11H2,1-3H3,(H,22,27). The molecular formula is C19H23F2N5O3S. The van der Waals surface area contributed by atoms with Crippen molar-refractivity contribution in [3.63, 3.8) is 0 Å². The molecule has 2 aromatic rings. The van der Waals surface area contributed by atoms with Gasteiger partial charge in [0.25, 0.3) is 5.91 Å². The van der Waals surface area contributed by atoms with Crippen LogP contribution in [0.2, 0.25) is 0 Å². The summed E-state index contributed by atoms with van der Waals surface area (Å²) in [5, 5.41) is 2.60. The second kappa shape index (κ2) is 8.60. The number of carbonyl (C=O) groups is 1. The van der Waals surface area contributed by atoms with E-state index >= 15 is 0 Å². The van der Waals surface area contributed by atoms with Gasteiger partial charge in [0.1, 0.15) is 11.6 Å². The first-order valence-corrected chi connectivity index (χ1v) is 11.1. The van der Waals surface area contributed by atoms with Crippen molar-refractivity contribution in [3.05, 3.63) is 52.9 Å². The SMILES string of the molecule is CN(C)c1ncc(C(=O)NCc2ccc(F)cc2F)c(C2CCN(S(C)(=O)=O)C2)n1. The summed E-state index contributed by atoms with van der Waals surface area (Å²) in [6, 6.07) is 3.13. The van der Waals surface area contributed by atoms with Crippen LogP contribution in [0.15, 0.2) is 24.4 Å². The number of aromatic nitrogens is 2. The predicted octanol–water partition coefficient (Wildman–Crippen LogP) is 1.50. The lowest BCUT2D eigenvalue weighted by atomic mass is 9.99. The number of nitrogens with zero attached hydrogens (tertiary/aromatic N) is 4. The molecule has 0 saturated carbocycles. The molecule has 11 heteroatoms. The molecule has 1 amide bonds. The highest BCUT2D eigenvalue weighted by Gasteiger charge is 2.33. The average molecular weight is 439 g/mol. The van der Waals surface area contributed by atoms with Gasteiger partial charge in [0.15, 0.2) is 0 Å². The Morgan fingerprint density at radius 2 is 2.07 bits per heavy atom. The van der Waals surface area contributed by atoms with Gasteiger partial charge < -0.3 is 10.2 Å². The number of nitrogens with one attached hydrogen (secondary N) is 1. The minimum atomic E-state index is -3.35. The Bertz CT molecular complexity index is 1060. The maximum Gasteiger partial charge on any atom is 0.254 e. The van der Waals surface area contributed by atoms with E-state index in [1.54, 1.807) is 19.0 Å². The fraction of sp³-hybridized carbons (Fsp3) is 0.421. The van der Waals surface area contributed by atoms with Gasteiger partial charge in [-0.25, -0.2) is 31.5 Å². The van der Waals surface area contributed by atoms with Crippen LogP contribution < -0.4 is 10.2 Å². The molecule has 1 aliphatic heterocycles. The van der Waals surface area contributed by atoms with E-state index < -0.39 is 27.6 Å². The van der Waals surface area contributed by atoms with Crippen LogP contribution >= 0.6 is 0 Å². The van der Waals surface area contributed by atoms with Crippen LogP contribution in [0, 0.1) is 11.6 Å². The fourth-order valence-electron chi connectivity index (χ4n) is 3.28. The maximum absolute atomic E-state index is 13.8. The minimum absolute atomic E-state index is 0.139. The number of sulfonamides is 1. The smallest absolute Gasteiger partial charge is 0.254 e. The van der Waals surface area contributed by atoms with Crippen molar-refractivity contribution in [1.82, 2.24) is 19.6 Å². The number of hydrogen-bond donors (Lipinski definition) is 1. The van der Waals surface area contributed by atoms with Gasteiger partial charge in [-0.05, 0) is 12.5 Å². The topological polar surface area (TPSA) is 95.5 Å². The van der Waals surface area contributed by atoms with Crippen LogP contribution in [0.25, 0.3) is 0 Å². The molecule has 1 unspecified atom stereocenters. The molecule has 0 spiro atoms. The van der Waals surface area contributed by atoms with E-state index in [2.05, 4.69) is 15.3 Å². The lowest BCUT2D eigenvalue weighted by Gasteiger charge is -2.18. The Morgan fingerprint density at radius 3 is 2.67 bits per heavy atom. The van der Waals surface area contributed by atoms with E-state index in [1.807, 2.05) is 0 Å². The van der Waals surface area contributed by atoms with Crippen molar-refractivity contribution in [1.29, 1.82) is 0 Å². The van der Waals surface area contributed by atoms with Crippen molar-refractivity contribution in [2.75, 3.05) is 38.3 Å². The molecule has 162 valence electrons. The molecule has 1 aliphatic rings. The van der Waals surface area contributed by atoms with Gasteiger partial charge in [0.05, 0.1) is 17.5 Å². The lowest BCUT2D eigenvalue weighted by molar-refractivity contribution is 0.0948. The summed E-state index contributed by atoms with van der Waals surface area (Å²) < 4.78 is 52.0. The monoisotopic (exact) mass is 439 g/mol. The van der Waals surface area contributed by atoms with Crippen molar-refractivity contribution in [2.45, 2.75) is 18.9 Å². The first-order chi connectivity index (χ1) is 14.1. The molecule has 1 atom stereocenters. The van der Waals surface area contributed by atoms with E-state index in [4.69, 9.17) is 0 Å². The van der Waals surface area contributed by atoms with Gasteiger partial charge >= 0.3 is 0 Å². The number of carbonyl (C=O) groups excluding carboxylic acids is 1. The lowest BCUT2D eigenvalue weighted by Crippen LogP contribution is -2.29. The van der Waals surface area contributed by atoms with Crippen molar-refractivity contribution in [2.24, 2.45) is 0 Å². The zero-order chi connectivity index (χ0) is 22.1. The number of hydrogen-bond acceptors (Lipinski definition) is 6. The molecule has 0 radical (unpaired) electrons. The Labute approximate surface area is 174 Å². The third-order valence-electron chi connectivity index (χ3n) is 4.91. The van der Waals surface area contributed by atoms with Gasteiger partial charge in [-0.2, -0.15) is 0 Å². The van der Waals surface area contributed by atoms with Gasteiger partial charge in [-0.3, -0.25) is 4.79 Å². The fourth-order valence-corrected chi connectivity index (χ4v) is 4.16. The third kappa shape index (κ3) is 4.90. The Morgan fingerprint density at radius 1 is 1.33 bits per heavy atom. The van der Waals surface area contributed by atoms with Crippen LogP contribution in [0.3, 0.4) is 0 Å². The molecule has 0 bridgehead atoms. The average Bonchev–Trinajstić information content (AvgIpc) is 3.17. The molecule has 1 aromatic carbocycles. The quantitative estimate of drug-likeness (QED) is 0.733. The Balaban J connectivity index is 1.85. The van der Waals surface area contributed by atoms with E-state index in [0.717, 1.165) is 18.4 Å². The molecule has 1 aromatic heterocycles. The summed E-state index contributed by atoms with van der Waals surface area (Å²) in [5.41, 5.74) is 0.779. The summed E-state index contributed by atoms with van der Waals surface area (Å²) in [4.78, 5) is 23.1. The van der Waals surface area contributed by atoms with Crippen LogP contribution in [-0.2, 0) is 16.6 Å². The molecule has 30 heavy (non-hydrogen) atoms. The van der Waals surface area contributed by atoms with E-state index in [-0.39, 0.29) is 30.1 Å². The highest BCUT2D eigenvalue weighted by Crippen LogP contribution is 2.30. The Hall–Kier alpha value is -2.66. The minimum Gasteiger partial charge on any atom is -0.348 e. The van der Waals surface area contributed by atoms with E-state index in [0.29, 0.717) is 24.6 Å². The van der Waals surface area contributed by atoms with E-state index in [1.165, 1.54) is 16.6 Å². The number of anilines is 1. The van der Waals surface area contributed by atoms with Gasteiger partial charge in [0.2, 0.25) is 16.0 Å². The van der Waals surface area contributed by atoms with Gasteiger partial charge in [0, 0.05) is 57.5 Å². The van der Waals surface area contributed by atoms with Crippen molar-refractivity contribution in [3.8, 4) is 0 Å². The molecule has 8 nitrogen and oxygen atoms in total. The summed E-state index contributed by atoms with van der Waals surface area (Å²) in [6.45, 7) is 0.419. The van der Waals surface area contributed by atoms with Gasteiger partial charge in [-0.1, -0.05) is 6.07 Å². The molecule has 3 rings (SSSR count). The highest BCUT2D eigenvalue weighted by atomic mass is 32.2. The molecule has 1 N–H and O–H groups in total. The molecule has 1 fully saturated rings. The summed E-state index contributed by atoms with van der Waals surface area (Å²) >= 11 is 0. The maximum atomic E-state index is 13.8. The molecular weight excluding hydrogens is 416 g/mol. The number of halogens is 2. The van der Waals surface area contributed by atoms with E-state index in [9.17, 15) is 22.0 Å². The number of rotatable bonds is 6. The molecule has 0 aliphatic carbocycles. The normalized spacial score (nSPS) is 17.2. The second-order valence-electron chi connectivity index (χ2n) is 7.39. The first-order valence-electron chi connectivity index (χ1n) is 9.27. The third-order valence-corrected chi connectivity index (χ3v) is 6.18. The second-order valence-corrected chi connectivity index (χ2v) is 9.37. The first kappa shape index (κ1) is 22.0. The number of amides is 1. The summed E-state index contributed by atoms with van der Waals surface area (Å²) in [5.74, 6) is -1.85. The summed E-state index contributed by atoms with van der Waals surface area (Å²) in [6.07, 6.45) is 3.05. The van der Waals surface area contributed by atoms with Gasteiger partial charge in [-0.15, -0.1) is 0 Å². The largest absolute Gasteiger partial charge is 0.348 e. The molecule has 1 saturated heterocycles. The highest BCUT2D eigenvalue weighted by molar-refractivity contribution is 7.88. The van der Waals surface area contributed by atoms with Crippen molar-refractivity contribution >= 4 is 21.9 Å².